The van der Waals surface area contributed by atoms with Crippen molar-refractivity contribution in [3.8, 4) is 0 Å². The third kappa shape index (κ3) is 7.14. The van der Waals surface area contributed by atoms with Crippen LogP contribution >= 0.6 is 11.8 Å². The number of hydrogen-bond donors (Lipinski definition) is 5. The van der Waals surface area contributed by atoms with Crippen LogP contribution in [0, 0.1) is 0 Å². The Balaban J connectivity index is 1.54. The van der Waals surface area contributed by atoms with Gasteiger partial charge in [0.25, 0.3) is 11.8 Å². The fraction of sp³-hybridized carbons (Fsp3) is 0.560. The molecule has 1 unspecified atom stereocenters. The number of nitrogens with two attached hydrogens (primary N) is 2. The number of hydrogen-bond acceptors (Lipinski definition) is 8. The van der Waals surface area contributed by atoms with Gasteiger partial charge in [0.2, 0.25) is 5.91 Å². The van der Waals surface area contributed by atoms with E-state index < -0.39 is 16.8 Å². The zero-order valence-corrected chi connectivity index (χ0v) is 22.2. The van der Waals surface area contributed by atoms with Crippen LogP contribution in [0.3, 0.4) is 0 Å². The van der Waals surface area contributed by atoms with Gasteiger partial charge < -0.3 is 37.2 Å². The maximum absolute atomic E-state index is 12.9. The van der Waals surface area contributed by atoms with E-state index in [0.717, 1.165) is 25.3 Å². The van der Waals surface area contributed by atoms with Crippen molar-refractivity contribution in [3.63, 3.8) is 0 Å². The van der Waals surface area contributed by atoms with Crippen LogP contribution in [0.2, 0.25) is 0 Å². The van der Waals surface area contributed by atoms with Gasteiger partial charge in [-0.05, 0) is 70.5 Å². The average Bonchev–Trinajstić information content (AvgIpc) is 3.49. The molecule has 2 aliphatic rings. The summed E-state index contributed by atoms with van der Waals surface area (Å²) < 4.78 is 0. The quantitative estimate of drug-likeness (QED) is 0.218. The molecule has 2 fully saturated rings. The number of likely N-dealkylation sites (tertiary alicyclic amines) is 1. The smallest absolute Gasteiger partial charge is 0.271 e. The standard InChI is InChI=1S/C25H39N7O3S/c1-4-25(3,27)30-22(34)20(26)24-32(5-2)23(35)19(36-24)16-29-18-10-8-17(9-11-18)21(33)28-12-15-31-13-6-7-14-31/h8-11,19,29H,4-7,12-16,26-27H2,1-3H3,(H,28,33)(H,30,34)/b24-20+/t19-,25?/m1/s1. The average molecular weight is 518 g/mol. The largest absolute Gasteiger partial charge is 0.392 e. The molecule has 1 aromatic rings. The van der Waals surface area contributed by atoms with Crippen molar-refractivity contribution in [2.45, 2.75) is 50.9 Å². The highest BCUT2D eigenvalue weighted by molar-refractivity contribution is 8.04. The van der Waals surface area contributed by atoms with Crippen LogP contribution in [0.25, 0.3) is 0 Å². The van der Waals surface area contributed by atoms with Gasteiger partial charge in [0.05, 0.1) is 5.66 Å². The predicted octanol–water partition coefficient (Wildman–Crippen LogP) is 1.22. The van der Waals surface area contributed by atoms with Gasteiger partial charge in [-0.25, -0.2) is 0 Å². The van der Waals surface area contributed by atoms with Gasteiger partial charge in [-0.3, -0.25) is 14.4 Å². The fourth-order valence-electron chi connectivity index (χ4n) is 4.06. The Bertz CT molecular complexity index is 974. The Kier molecular flexibility index (Phi) is 9.63. The Labute approximate surface area is 217 Å². The monoisotopic (exact) mass is 517 g/mol. The summed E-state index contributed by atoms with van der Waals surface area (Å²) in [6.45, 7) is 9.90. The highest BCUT2D eigenvalue weighted by Gasteiger charge is 2.38. The topological polar surface area (TPSA) is 146 Å². The molecule has 2 atom stereocenters. The molecule has 0 aliphatic carbocycles. The van der Waals surface area contributed by atoms with Crippen molar-refractivity contribution in [1.82, 2.24) is 20.4 Å². The number of rotatable bonds is 11. The second-order valence-electron chi connectivity index (χ2n) is 9.40. The number of carbonyl (C=O) groups excluding carboxylic acids is 3. The number of amides is 3. The fourth-order valence-corrected chi connectivity index (χ4v) is 5.29. The van der Waals surface area contributed by atoms with Crippen molar-refractivity contribution < 1.29 is 14.4 Å². The zero-order chi connectivity index (χ0) is 26.3. The SMILES string of the molecule is CCN1C(=O)[C@@H](CNc2ccc(C(=O)NCCN3CCCC3)cc2)S/C1=C(/N)C(=O)NC(C)(N)CC. The zero-order valence-electron chi connectivity index (χ0n) is 21.4. The van der Waals surface area contributed by atoms with Crippen molar-refractivity contribution in [2.75, 3.05) is 44.6 Å². The van der Waals surface area contributed by atoms with E-state index >= 15 is 0 Å². The van der Waals surface area contributed by atoms with Crippen molar-refractivity contribution in [3.05, 3.63) is 40.6 Å². The molecule has 0 spiro atoms. The molecule has 3 amide bonds. The molecular weight excluding hydrogens is 478 g/mol. The van der Waals surface area contributed by atoms with Gasteiger partial charge in [-0.1, -0.05) is 18.7 Å². The van der Waals surface area contributed by atoms with E-state index in [1.165, 1.54) is 29.5 Å². The Morgan fingerprint density at radius 2 is 1.83 bits per heavy atom. The molecule has 1 aromatic carbocycles. The minimum Gasteiger partial charge on any atom is -0.392 e. The summed E-state index contributed by atoms with van der Waals surface area (Å²) in [4.78, 5) is 41.8. The molecule has 198 valence electrons. The van der Waals surface area contributed by atoms with Crippen LogP contribution in [-0.4, -0.2) is 77.7 Å². The minimum atomic E-state index is -0.884. The third-order valence-electron chi connectivity index (χ3n) is 6.52. The minimum absolute atomic E-state index is 0.0112. The number of benzene rings is 1. The first kappa shape index (κ1) is 27.8. The first-order valence-electron chi connectivity index (χ1n) is 12.6. The normalized spacial score (nSPS) is 21.3. The number of nitrogens with one attached hydrogen (secondary N) is 3. The summed E-state index contributed by atoms with van der Waals surface area (Å²) in [6.07, 6.45) is 3.00. The van der Waals surface area contributed by atoms with Crippen LogP contribution in [-0.2, 0) is 9.59 Å². The molecule has 3 rings (SSSR count). The van der Waals surface area contributed by atoms with Crippen LogP contribution in [0.5, 0.6) is 0 Å². The third-order valence-corrected chi connectivity index (χ3v) is 7.83. The van der Waals surface area contributed by atoms with Crippen molar-refractivity contribution >= 4 is 35.2 Å². The van der Waals surface area contributed by atoms with Gasteiger partial charge in [0.15, 0.2) is 0 Å². The van der Waals surface area contributed by atoms with E-state index in [4.69, 9.17) is 11.5 Å². The summed E-state index contributed by atoms with van der Waals surface area (Å²) in [5.74, 6) is -0.694. The highest BCUT2D eigenvalue weighted by Crippen LogP contribution is 2.36. The summed E-state index contributed by atoms with van der Waals surface area (Å²) >= 11 is 1.27. The van der Waals surface area contributed by atoms with Crippen LogP contribution in [0.15, 0.2) is 35.0 Å². The molecule has 0 radical (unpaired) electrons. The van der Waals surface area contributed by atoms with Crippen molar-refractivity contribution in [1.29, 1.82) is 0 Å². The summed E-state index contributed by atoms with van der Waals surface area (Å²) in [5.41, 5.74) is 12.7. The molecule has 0 aromatic heterocycles. The highest BCUT2D eigenvalue weighted by atomic mass is 32.2. The number of nitrogens with zero attached hydrogens (tertiary/aromatic N) is 2. The van der Waals surface area contributed by atoms with E-state index in [0.29, 0.717) is 36.6 Å². The molecule has 2 saturated heterocycles. The first-order valence-corrected chi connectivity index (χ1v) is 13.5. The Morgan fingerprint density at radius 1 is 1.17 bits per heavy atom. The summed E-state index contributed by atoms with van der Waals surface area (Å²) in [7, 11) is 0. The number of carbonyl (C=O) groups is 3. The summed E-state index contributed by atoms with van der Waals surface area (Å²) in [5, 5.41) is 8.94. The van der Waals surface area contributed by atoms with E-state index in [1.54, 1.807) is 19.1 Å². The van der Waals surface area contributed by atoms with Crippen LogP contribution in [0.4, 0.5) is 5.69 Å². The maximum Gasteiger partial charge on any atom is 0.271 e. The van der Waals surface area contributed by atoms with Gasteiger partial charge in [0, 0.05) is 37.4 Å². The van der Waals surface area contributed by atoms with E-state index in [1.807, 2.05) is 26.0 Å². The lowest BCUT2D eigenvalue weighted by Gasteiger charge is -2.25. The Hall–Kier alpha value is -2.76. The van der Waals surface area contributed by atoms with Gasteiger partial charge in [-0.2, -0.15) is 0 Å². The molecule has 0 saturated carbocycles. The maximum atomic E-state index is 12.9. The van der Waals surface area contributed by atoms with Crippen molar-refractivity contribution in [2.24, 2.45) is 11.5 Å². The van der Waals surface area contributed by atoms with E-state index in [2.05, 4.69) is 20.9 Å². The lowest BCUT2D eigenvalue weighted by atomic mass is 10.1. The molecule has 10 nitrogen and oxygen atoms in total. The van der Waals surface area contributed by atoms with Crippen LogP contribution < -0.4 is 27.4 Å². The number of anilines is 1. The van der Waals surface area contributed by atoms with E-state index in [-0.39, 0.29) is 17.5 Å². The molecule has 11 heteroatoms. The second kappa shape index (κ2) is 12.5. The lowest BCUT2D eigenvalue weighted by Crippen LogP contribution is -2.54. The lowest BCUT2D eigenvalue weighted by molar-refractivity contribution is -0.127. The first-order chi connectivity index (χ1) is 17.1. The summed E-state index contributed by atoms with van der Waals surface area (Å²) in [6, 6.07) is 7.17. The Morgan fingerprint density at radius 3 is 2.44 bits per heavy atom. The molecule has 2 aliphatic heterocycles. The molecule has 7 N–H and O–H groups in total. The predicted molar refractivity (Wildman–Crippen MR) is 144 cm³/mol. The van der Waals surface area contributed by atoms with Gasteiger partial charge in [-0.15, -0.1) is 0 Å². The van der Waals surface area contributed by atoms with E-state index in [9.17, 15) is 14.4 Å². The molecule has 0 bridgehead atoms. The molecule has 2 heterocycles. The van der Waals surface area contributed by atoms with Crippen LogP contribution in [0.1, 0.15) is 50.4 Å². The molecule has 36 heavy (non-hydrogen) atoms. The van der Waals surface area contributed by atoms with Gasteiger partial charge in [0.1, 0.15) is 16.0 Å². The number of thioether (sulfide) groups is 1. The molecular formula is C25H39N7O3S. The second-order valence-corrected chi connectivity index (χ2v) is 10.6. The van der Waals surface area contributed by atoms with Gasteiger partial charge >= 0.3 is 0 Å².